The van der Waals surface area contributed by atoms with Gasteiger partial charge in [0, 0.05) is 72.3 Å². The summed E-state index contributed by atoms with van der Waals surface area (Å²) in [6.07, 6.45) is 0. The van der Waals surface area contributed by atoms with Gasteiger partial charge in [0.25, 0.3) is 5.97 Å². The van der Waals surface area contributed by atoms with Gasteiger partial charge in [-0.15, -0.1) is 0 Å². The first-order chi connectivity index (χ1) is 2.27. The number of esters is 1. The third kappa shape index (κ3) is 18.3. The van der Waals surface area contributed by atoms with E-state index in [0.29, 0.717) is 0 Å². The molecule has 2 radical (unpaired) electrons. The maximum absolute atomic E-state index is 9.53. The third-order valence-corrected chi connectivity index (χ3v) is 0.203. The fraction of sp³-hybridized carbons (Fsp3) is 0.333. The Labute approximate surface area is 93.5 Å². The van der Waals surface area contributed by atoms with Crippen LogP contribution < -0.4 is 0 Å². The molecule has 0 bridgehead atoms. The molecule has 0 aliphatic heterocycles. The van der Waals surface area contributed by atoms with Crippen LogP contribution in [0.4, 0.5) is 0 Å². The molecule has 0 saturated carbocycles. The van der Waals surface area contributed by atoms with Crippen LogP contribution >= 0.6 is 0 Å². The monoisotopic (exact) mass is 251 g/mol. The van der Waals surface area contributed by atoms with E-state index >= 15 is 0 Å². The Bertz CT molecular complexity index is 46.2. The molecule has 0 unspecified atom stereocenters. The molecular weight excluding hydrogens is 246 g/mol. The summed E-state index contributed by atoms with van der Waals surface area (Å²) in [7, 11) is 2.84. The van der Waals surface area contributed by atoms with Crippen molar-refractivity contribution < 1.29 is 74.9 Å². The third-order valence-electron chi connectivity index (χ3n) is 0.203. The molecule has 7 heavy (non-hydrogen) atoms. The molecule has 0 aromatic heterocycles. The van der Waals surface area contributed by atoms with Crippen molar-refractivity contribution in [1.82, 2.24) is 0 Å². The van der Waals surface area contributed by atoms with Crippen LogP contribution in [0.1, 0.15) is 6.92 Å². The summed E-state index contributed by atoms with van der Waals surface area (Å²) in [5.41, 5.74) is 0. The first-order valence-corrected chi connectivity index (χ1v) is 1.20. The van der Waals surface area contributed by atoms with Crippen molar-refractivity contribution in [2.24, 2.45) is 0 Å². The molecule has 0 atom stereocenters. The van der Waals surface area contributed by atoms with Crippen LogP contribution in [-0.4, -0.2) is 5.97 Å². The van der Waals surface area contributed by atoms with Crippen LogP contribution in [0.5, 0.6) is 0 Å². The normalized spacial score (nSPS) is 4.86. The first kappa shape index (κ1) is 15.9. The van der Waals surface area contributed by atoms with E-state index < -0.39 is 0 Å². The van der Waals surface area contributed by atoms with Gasteiger partial charge in [-0.25, -0.2) is 0 Å². The number of rotatable bonds is 0. The number of ether oxygens (including phenoxy) is 1. The quantitative estimate of drug-likeness (QED) is 0.458. The molecule has 0 heterocycles. The molecule has 2 nitrogen and oxygen atoms in total. The molecule has 36 valence electrons. The Morgan fingerprint density at radius 1 is 1.57 bits per heavy atom. The Balaban J connectivity index is -0.0000000800. The summed E-state index contributed by atoms with van der Waals surface area (Å²) >= 11 is 0. The number of carbonyl (C=O) groups is 1. The van der Waals surface area contributed by atoms with Gasteiger partial charge in [0.15, 0.2) is 0 Å². The maximum Gasteiger partial charge on any atom is 0.270 e. The second-order valence-corrected chi connectivity index (χ2v) is 0.636. The Morgan fingerprint density at radius 3 is 1.71 bits per heavy atom. The van der Waals surface area contributed by atoms with Gasteiger partial charge < -0.3 is 4.74 Å². The minimum Gasteiger partial charge on any atom is -0.640 e. The summed E-state index contributed by atoms with van der Waals surface area (Å²) in [5.74, 6) is -0.356. The molecule has 0 rings (SSSR count). The Kier molecular flexibility index (Phi) is 24.1. The van der Waals surface area contributed by atoms with E-state index in [9.17, 15) is 4.79 Å². The fourth-order valence-corrected chi connectivity index (χ4v) is 0. The van der Waals surface area contributed by atoms with E-state index in [-0.39, 0.29) is 71.4 Å². The van der Waals surface area contributed by atoms with Gasteiger partial charge in [-0.1, -0.05) is 0 Å². The summed E-state index contributed by atoms with van der Waals surface area (Å²) in [6, 6.07) is 0. The zero-order valence-corrected chi connectivity index (χ0v) is 9.85. The molecule has 0 amide bonds. The van der Waals surface area contributed by atoms with Crippen molar-refractivity contribution in [3.8, 4) is 0 Å². The Morgan fingerprint density at radius 2 is 1.71 bits per heavy atom. The Hall–Kier alpha value is 1.68. The predicted octanol–water partition coefficient (Wildman–Crippen LogP) is 0.336. The van der Waals surface area contributed by atoms with Crippen LogP contribution in [0, 0.1) is 7.11 Å². The van der Waals surface area contributed by atoms with Gasteiger partial charge in [-0.2, -0.15) is 7.11 Å². The minimum absolute atomic E-state index is 0. The average Bonchev–Trinajstić information content (AvgIpc) is 1.38. The van der Waals surface area contributed by atoms with Crippen LogP contribution in [0.2, 0.25) is 0 Å². The van der Waals surface area contributed by atoms with E-state index in [2.05, 4.69) is 11.8 Å². The van der Waals surface area contributed by atoms with Crippen molar-refractivity contribution >= 4 is 5.97 Å². The van der Waals surface area contributed by atoms with E-state index in [4.69, 9.17) is 0 Å². The smallest absolute Gasteiger partial charge is 0.270 e. The van der Waals surface area contributed by atoms with E-state index in [0.717, 1.165) is 0 Å². The van der Waals surface area contributed by atoms with E-state index in [1.54, 1.807) is 0 Å². The molecule has 0 spiro atoms. The number of carbonyl (C=O) groups excluding carboxylic acids is 1. The SMILES string of the molecule is [CH2-]OC(C)=O.[Y].[Y]. The molecule has 0 aliphatic carbocycles. The van der Waals surface area contributed by atoms with Crippen LogP contribution in [0.15, 0.2) is 0 Å². The second-order valence-electron chi connectivity index (χ2n) is 0.636. The van der Waals surface area contributed by atoms with Gasteiger partial charge in [-0.05, 0) is 0 Å². The van der Waals surface area contributed by atoms with Gasteiger partial charge >= 0.3 is 0 Å². The molecular formula is C3H5O2Y2-. The van der Waals surface area contributed by atoms with Crippen LogP contribution in [0.3, 0.4) is 0 Å². The number of hydrogen-bond donors (Lipinski definition) is 0. The molecule has 0 saturated heterocycles. The zero-order chi connectivity index (χ0) is 4.28. The van der Waals surface area contributed by atoms with Gasteiger partial charge in [0.1, 0.15) is 0 Å². The van der Waals surface area contributed by atoms with Crippen molar-refractivity contribution in [3.63, 3.8) is 0 Å². The van der Waals surface area contributed by atoms with Crippen molar-refractivity contribution in [2.45, 2.75) is 6.92 Å². The summed E-state index contributed by atoms with van der Waals surface area (Å²) in [4.78, 5) is 9.53. The van der Waals surface area contributed by atoms with Crippen molar-refractivity contribution in [2.75, 3.05) is 0 Å². The van der Waals surface area contributed by atoms with E-state index in [1.807, 2.05) is 0 Å². The van der Waals surface area contributed by atoms with Gasteiger partial charge in [-0.3, -0.25) is 4.79 Å². The molecule has 0 aliphatic rings. The second kappa shape index (κ2) is 10.6. The first-order valence-electron chi connectivity index (χ1n) is 1.20. The van der Waals surface area contributed by atoms with Crippen molar-refractivity contribution in [3.05, 3.63) is 7.11 Å². The summed E-state index contributed by atoms with van der Waals surface area (Å²) in [5, 5.41) is 0. The zero-order valence-electron chi connectivity index (χ0n) is 4.18. The van der Waals surface area contributed by atoms with E-state index in [1.165, 1.54) is 6.92 Å². The summed E-state index contributed by atoms with van der Waals surface area (Å²) in [6.45, 7) is 1.30. The predicted molar refractivity (Wildman–Crippen MR) is 17.1 cm³/mol. The standard InChI is InChI=1S/C3H5O2.2Y/c1-3(4)5-2;;/h2H2,1H3;;/q-1;;. The fourth-order valence-electron chi connectivity index (χ4n) is 0. The topological polar surface area (TPSA) is 26.3 Å². The molecule has 0 fully saturated rings. The summed E-state index contributed by atoms with van der Waals surface area (Å²) < 4.78 is 3.86. The van der Waals surface area contributed by atoms with Crippen LogP contribution in [0.25, 0.3) is 0 Å². The molecule has 0 aromatic rings. The average molecular weight is 251 g/mol. The number of hydrogen-bond acceptors (Lipinski definition) is 2. The molecule has 0 N–H and O–H groups in total. The largest absolute Gasteiger partial charge is 0.640 e. The minimum atomic E-state index is -0.356. The van der Waals surface area contributed by atoms with Crippen molar-refractivity contribution in [1.29, 1.82) is 0 Å². The molecule has 4 heteroatoms. The molecule has 0 aromatic carbocycles. The maximum atomic E-state index is 9.53. The van der Waals surface area contributed by atoms with Gasteiger partial charge in [0.05, 0.1) is 0 Å². The van der Waals surface area contributed by atoms with Crippen LogP contribution in [-0.2, 0) is 74.9 Å². The van der Waals surface area contributed by atoms with Gasteiger partial charge in [0.2, 0.25) is 0 Å².